The summed E-state index contributed by atoms with van der Waals surface area (Å²) >= 11 is 0. The lowest BCUT2D eigenvalue weighted by Gasteiger charge is -2.15. The van der Waals surface area contributed by atoms with E-state index in [1.807, 2.05) is 25.6 Å². The number of nitrogens with zero attached hydrogens (tertiary/aromatic N) is 2. The molecule has 0 bridgehead atoms. The smallest absolute Gasteiger partial charge is 0.0776 e. The van der Waals surface area contributed by atoms with Crippen LogP contribution in [0.4, 0.5) is 0 Å². The van der Waals surface area contributed by atoms with E-state index in [0.29, 0.717) is 6.42 Å². The van der Waals surface area contributed by atoms with Gasteiger partial charge in [-0.1, -0.05) is 6.92 Å². The van der Waals surface area contributed by atoms with E-state index in [1.165, 1.54) is 5.56 Å². The highest BCUT2D eigenvalue weighted by molar-refractivity contribution is 5.28. The largest absolute Gasteiger partial charge is 0.394 e. The third-order valence-corrected chi connectivity index (χ3v) is 2.89. The minimum absolute atomic E-state index is 0.178. The summed E-state index contributed by atoms with van der Waals surface area (Å²) in [6.45, 7) is 5.87. The third kappa shape index (κ3) is 2.58. The molecule has 0 saturated heterocycles. The molecule has 2 atom stereocenters. The molecule has 0 aliphatic carbocycles. The van der Waals surface area contributed by atoms with Gasteiger partial charge in [-0.05, 0) is 31.7 Å². The molecule has 1 heterocycles. The molecule has 2 N–H and O–H groups in total. The zero-order chi connectivity index (χ0) is 11.6. The van der Waals surface area contributed by atoms with Crippen molar-refractivity contribution in [1.29, 1.82) is 0 Å². The normalized spacial score (nSPS) is 15.3. The number of aryl methyl sites for hydroxylation is 2. The molecule has 0 spiro atoms. The molecule has 1 aromatic heterocycles. The van der Waals surface area contributed by atoms with Crippen LogP contribution in [0.1, 0.15) is 36.2 Å². The maximum absolute atomic E-state index is 9.40. The van der Waals surface area contributed by atoms with Crippen molar-refractivity contribution in [2.24, 2.45) is 7.05 Å². The fourth-order valence-electron chi connectivity index (χ4n) is 2.10. The molecule has 0 aliphatic heterocycles. The first-order valence-electron chi connectivity index (χ1n) is 5.26. The van der Waals surface area contributed by atoms with Gasteiger partial charge < -0.3 is 10.2 Å². The predicted molar refractivity (Wildman–Crippen MR) is 58.8 cm³/mol. The molecule has 1 aromatic rings. The van der Waals surface area contributed by atoms with Gasteiger partial charge in [-0.25, -0.2) is 0 Å². The van der Waals surface area contributed by atoms with Crippen LogP contribution in [-0.4, -0.2) is 32.7 Å². The van der Waals surface area contributed by atoms with Gasteiger partial charge in [0.1, 0.15) is 0 Å². The second-order valence-corrected chi connectivity index (χ2v) is 4.18. The predicted octanol–water partition coefficient (Wildman–Crippen LogP) is 0.884. The van der Waals surface area contributed by atoms with Crippen LogP contribution in [0.25, 0.3) is 0 Å². The SMILES string of the molecule is Cc1nn(C)c(C)c1C(C)CC(O)CO. The van der Waals surface area contributed by atoms with Gasteiger partial charge in [0.05, 0.1) is 18.4 Å². The van der Waals surface area contributed by atoms with Crippen molar-refractivity contribution in [3.8, 4) is 0 Å². The summed E-state index contributed by atoms with van der Waals surface area (Å²) < 4.78 is 1.85. The Morgan fingerprint density at radius 2 is 2.00 bits per heavy atom. The molecule has 1 rings (SSSR count). The number of aliphatic hydroxyl groups excluding tert-OH is 2. The lowest BCUT2D eigenvalue weighted by atomic mass is 9.93. The summed E-state index contributed by atoms with van der Waals surface area (Å²) in [4.78, 5) is 0. The van der Waals surface area contributed by atoms with Gasteiger partial charge in [-0.2, -0.15) is 5.10 Å². The third-order valence-electron chi connectivity index (χ3n) is 2.89. The van der Waals surface area contributed by atoms with Gasteiger partial charge in [0, 0.05) is 12.7 Å². The van der Waals surface area contributed by atoms with Gasteiger partial charge in [0.15, 0.2) is 0 Å². The van der Waals surface area contributed by atoms with E-state index in [9.17, 15) is 5.11 Å². The summed E-state index contributed by atoms with van der Waals surface area (Å²) in [6, 6.07) is 0. The maximum atomic E-state index is 9.40. The van der Waals surface area contributed by atoms with Crippen molar-refractivity contribution in [3.05, 3.63) is 17.0 Å². The number of aliphatic hydroxyl groups is 2. The lowest BCUT2D eigenvalue weighted by Crippen LogP contribution is -2.15. The van der Waals surface area contributed by atoms with E-state index in [1.54, 1.807) is 0 Å². The van der Waals surface area contributed by atoms with Gasteiger partial charge in [-0.15, -0.1) is 0 Å². The molecular weight excluding hydrogens is 192 g/mol. The standard InChI is InChI=1S/C11H20N2O2/c1-7(5-10(15)6-14)11-8(2)12-13(4)9(11)3/h7,10,14-15H,5-6H2,1-4H3. The summed E-state index contributed by atoms with van der Waals surface area (Å²) in [5, 5.41) is 22.5. The van der Waals surface area contributed by atoms with Gasteiger partial charge >= 0.3 is 0 Å². The van der Waals surface area contributed by atoms with Crippen LogP contribution in [-0.2, 0) is 7.05 Å². The Labute approximate surface area is 90.5 Å². The zero-order valence-corrected chi connectivity index (χ0v) is 9.86. The van der Waals surface area contributed by atoms with E-state index in [-0.39, 0.29) is 12.5 Å². The van der Waals surface area contributed by atoms with E-state index in [4.69, 9.17) is 5.11 Å². The average molecular weight is 212 g/mol. The highest BCUT2D eigenvalue weighted by atomic mass is 16.3. The summed E-state index contributed by atoms with van der Waals surface area (Å²) in [5.74, 6) is 0.223. The highest BCUT2D eigenvalue weighted by Gasteiger charge is 2.18. The average Bonchev–Trinajstić information content (AvgIpc) is 2.41. The van der Waals surface area contributed by atoms with E-state index in [0.717, 1.165) is 11.4 Å². The van der Waals surface area contributed by atoms with Crippen LogP contribution in [0.2, 0.25) is 0 Å². The Morgan fingerprint density at radius 1 is 1.40 bits per heavy atom. The lowest BCUT2D eigenvalue weighted by molar-refractivity contribution is 0.0834. The first kappa shape index (κ1) is 12.2. The van der Waals surface area contributed by atoms with Gasteiger partial charge in [0.2, 0.25) is 0 Å². The number of hydrogen-bond donors (Lipinski definition) is 2. The van der Waals surface area contributed by atoms with Crippen molar-refractivity contribution in [2.45, 2.75) is 39.2 Å². The zero-order valence-electron chi connectivity index (χ0n) is 9.86. The van der Waals surface area contributed by atoms with Crippen molar-refractivity contribution in [2.75, 3.05) is 6.61 Å². The van der Waals surface area contributed by atoms with Crippen LogP contribution < -0.4 is 0 Å². The van der Waals surface area contributed by atoms with Crippen molar-refractivity contribution < 1.29 is 10.2 Å². The van der Waals surface area contributed by atoms with Crippen LogP contribution >= 0.6 is 0 Å². The monoisotopic (exact) mass is 212 g/mol. The Balaban J connectivity index is 2.86. The first-order chi connectivity index (χ1) is 6.97. The number of rotatable bonds is 4. The number of aromatic nitrogens is 2. The first-order valence-corrected chi connectivity index (χ1v) is 5.26. The van der Waals surface area contributed by atoms with Crippen LogP contribution in [0.5, 0.6) is 0 Å². The number of hydrogen-bond acceptors (Lipinski definition) is 3. The Morgan fingerprint density at radius 3 is 2.40 bits per heavy atom. The quantitative estimate of drug-likeness (QED) is 0.779. The molecule has 0 radical (unpaired) electrons. The molecule has 15 heavy (non-hydrogen) atoms. The fraction of sp³-hybridized carbons (Fsp3) is 0.727. The fourth-order valence-corrected chi connectivity index (χ4v) is 2.10. The molecule has 0 fully saturated rings. The minimum Gasteiger partial charge on any atom is -0.394 e. The van der Waals surface area contributed by atoms with Crippen molar-refractivity contribution in [1.82, 2.24) is 9.78 Å². The summed E-state index contributed by atoms with van der Waals surface area (Å²) in [6.07, 6.45) is -0.0665. The molecule has 0 saturated carbocycles. The molecule has 4 nitrogen and oxygen atoms in total. The van der Waals surface area contributed by atoms with Crippen LogP contribution in [0.3, 0.4) is 0 Å². The molecular formula is C11H20N2O2. The topological polar surface area (TPSA) is 58.3 Å². The minimum atomic E-state index is -0.640. The van der Waals surface area contributed by atoms with E-state index >= 15 is 0 Å². The van der Waals surface area contributed by atoms with Gasteiger partial charge in [-0.3, -0.25) is 4.68 Å². The molecule has 4 heteroatoms. The molecule has 0 aromatic carbocycles. The Kier molecular flexibility index (Phi) is 3.88. The molecule has 0 aliphatic rings. The van der Waals surface area contributed by atoms with Crippen molar-refractivity contribution in [3.63, 3.8) is 0 Å². The summed E-state index contributed by atoms with van der Waals surface area (Å²) in [5.41, 5.74) is 3.32. The Bertz CT molecular complexity index is 334. The second kappa shape index (κ2) is 4.77. The van der Waals surface area contributed by atoms with Crippen LogP contribution in [0, 0.1) is 13.8 Å². The molecule has 0 amide bonds. The highest BCUT2D eigenvalue weighted by Crippen LogP contribution is 2.26. The van der Waals surface area contributed by atoms with E-state index in [2.05, 4.69) is 12.0 Å². The summed E-state index contributed by atoms with van der Waals surface area (Å²) in [7, 11) is 1.92. The molecule has 2 unspecified atom stereocenters. The maximum Gasteiger partial charge on any atom is 0.0776 e. The second-order valence-electron chi connectivity index (χ2n) is 4.18. The Hall–Kier alpha value is -0.870. The van der Waals surface area contributed by atoms with Gasteiger partial charge in [0.25, 0.3) is 0 Å². The molecule has 86 valence electrons. The van der Waals surface area contributed by atoms with E-state index < -0.39 is 6.10 Å². The van der Waals surface area contributed by atoms with Crippen LogP contribution in [0.15, 0.2) is 0 Å². The van der Waals surface area contributed by atoms with Crippen molar-refractivity contribution >= 4 is 0 Å².